The van der Waals surface area contributed by atoms with Crippen molar-refractivity contribution < 1.29 is 14.6 Å². The molecular formula is C28H30N4O5. The zero-order valence-electron chi connectivity index (χ0n) is 18.8. The van der Waals surface area contributed by atoms with Gasteiger partial charge in [0.2, 0.25) is 5.91 Å². The number of nitrogens with zero attached hydrogens (tertiary/aromatic N) is 2. The number of hydrogen-bond donors (Lipinski definition) is 2. The third kappa shape index (κ3) is 7.46. The first-order valence-electron chi connectivity index (χ1n) is 10.5. The molecule has 0 spiro atoms. The molecule has 0 atom stereocenters. The maximum atomic E-state index is 11.2. The van der Waals surface area contributed by atoms with Crippen molar-refractivity contribution in [2.24, 2.45) is 0 Å². The molecule has 3 N–H and O–H groups in total. The quantitative estimate of drug-likeness (QED) is 0.166. The average molecular weight is 503 g/mol. The summed E-state index contributed by atoms with van der Waals surface area (Å²) in [6, 6.07) is 28.1. The van der Waals surface area contributed by atoms with Crippen molar-refractivity contribution in [2.75, 3.05) is 11.1 Å². The fourth-order valence-corrected chi connectivity index (χ4v) is 3.44. The van der Waals surface area contributed by atoms with Crippen LogP contribution in [-0.4, -0.2) is 15.8 Å². The number of carbonyl (C=O) groups excluding carboxylic acids is 1. The number of benzene rings is 4. The molecule has 0 radical (unpaired) electrons. The lowest BCUT2D eigenvalue weighted by molar-refractivity contribution is -0.384. The van der Waals surface area contributed by atoms with Crippen molar-refractivity contribution in [3.8, 4) is 22.3 Å². The zero-order chi connectivity index (χ0) is 25.4. The zero-order valence-corrected chi connectivity index (χ0v) is 18.8. The second-order valence-electron chi connectivity index (χ2n) is 7.37. The summed E-state index contributed by atoms with van der Waals surface area (Å²) in [7, 11) is 0. The van der Waals surface area contributed by atoms with Gasteiger partial charge >= 0.3 is 0 Å². The van der Waals surface area contributed by atoms with Crippen LogP contribution in [0.5, 0.6) is 0 Å². The fraction of sp³-hybridized carbons (Fsp3) is 0.107. The monoisotopic (exact) mass is 502 g/mol. The van der Waals surface area contributed by atoms with E-state index in [2.05, 4.69) is 5.32 Å². The summed E-state index contributed by atoms with van der Waals surface area (Å²) in [6.07, 6.45) is 0. The highest BCUT2D eigenvalue weighted by Gasteiger charge is 2.19. The number of nitro benzene ring substituents is 2. The number of rotatable bonds is 5. The lowest BCUT2D eigenvalue weighted by atomic mass is 10.0. The molecule has 37 heavy (non-hydrogen) atoms. The molecule has 0 aliphatic rings. The molecule has 4 rings (SSSR count). The second-order valence-corrected chi connectivity index (χ2v) is 7.37. The van der Waals surface area contributed by atoms with Gasteiger partial charge in [-0.1, -0.05) is 99.8 Å². The Kier molecular flexibility index (Phi) is 11.1. The lowest BCUT2D eigenvalue weighted by Gasteiger charge is -2.10. The number of amides is 1. The second kappa shape index (κ2) is 13.7. The van der Waals surface area contributed by atoms with Gasteiger partial charge < -0.3 is 11.1 Å². The van der Waals surface area contributed by atoms with Crippen LogP contribution in [0, 0.1) is 20.2 Å². The number of anilines is 2. The van der Waals surface area contributed by atoms with Crippen LogP contribution in [0.2, 0.25) is 0 Å². The highest BCUT2D eigenvalue weighted by Crippen LogP contribution is 2.35. The number of carbonyl (C=O) groups is 1. The maximum absolute atomic E-state index is 11.2. The summed E-state index contributed by atoms with van der Waals surface area (Å²) >= 11 is 0. The molecule has 0 aromatic heterocycles. The van der Waals surface area contributed by atoms with E-state index in [-0.39, 0.29) is 43.5 Å². The van der Waals surface area contributed by atoms with Crippen LogP contribution in [0.25, 0.3) is 22.3 Å². The molecule has 0 saturated carbocycles. The number of hydrogen-bond acceptors (Lipinski definition) is 6. The van der Waals surface area contributed by atoms with Crippen molar-refractivity contribution in [2.45, 2.75) is 21.8 Å². The highest BCUT2D eigenvalue weighted by molar-refractivity contribution is 5.97. The van der Waals surface area contributed by atoms with E-state index in [4.69, 9.17) is 5.73 Å². The summed E-state index contributed by atoms with van der Waals surface area (Å²) in [5, 5.41) is 24.3. The average Bonchev–Trinajstić information content (AvgIpc) is 2.85. The topological polar surface area (TPSA) is 141 Å². The van der Waals surface area contributed by atoms with Crippen LogP contribution in [0.3, 0.4) is 0 Å². The Morgan fingerprint density at radius 3 is 1.57 bits per heavy atom. The van der Waals surface area contributed by atoms with E-state index in [1.54, 1.807) is 24.3 Å². The first kappa shape index (κ1) is 30.0. The molecule has 4 aromatic carbocycles. The van der Waals surface area contributed by atoms with Gasteiger partial charge in [-0.15, -0.1) is 0 Å². The van der Waals surface area contributed by atoms with Gasteiger partial charge in [0.15, 0.2) is 0 Å². The molecule has 9 nitrogen and oxygen atoms in total. The molecule has 0 heterocycles. The number of nitrogen functional groups attached to an aromatic ring is 1. The van der Waals surface area contributed by atoms with Gasteiger partial charge in [-0.3, -0.25) is 25.0 Å². The SMILES string of the molecule is C.C.CC(=O)Nc1c(-c2ccccc2)cccc1[N+](=O)[O-].Nc1c(-c2ccccc2)cccc1[N+](=O)[O-]. The minimum atomic E-state index is -0.502. The first-order valence-corrected chi connectivity index (χ1v) is 10.5. The van der Waals surface area contributed by atoms with Crippen LogP contribution >= 0.6 is 0 Å². The highest BCUT2D eigenvalue weighted by atomic mass is 16.6. The van der Waals surface area contributed by atoms with Crippen molar-refractivity contribution >= 4 is 28.7 Å². The van der Waals surface area contributed by atoms with E-state index >= 15 is 0 Å². The Balaban J connectivity index is 0.000000355. The third-order valence-electron chi connectivity index (χ3n) is 4.99. The minimum absolute atomic E-state index is 0. The van der Waals surface area contributed by atoms with E-state index in [0.717, 1.165) is 11.1 Å². The van der Waals surface area contributed by atoms with Gasteiger partial charge in [0.1, 0.15) is 11.4 Å². The summed E-state index contributed by atoms with van der Waals surface area (Å²) in [6.45, 7) is 1.32. The molecule has 4 aromatic rings. The summed E-state index contributed by atoms with van der Waals surface area (Å²) < 4.78 is 0. The van der Waals surface area contributed by atoms with Crippen LogP contribution in [0.15, 0.2) is 97.1 Å². The molecular weight excluding hydrogens is 472 g/mol. The third-order valence-corrected chi connectivity index (χ3v) is 4.99. The van der Waals surface area contributed by atoms with E-state index in [1.807, 2.05) is 60.7 Å². The summed E-state index contributed by atoms with van der Waals surface area (Å²) in [5.41, 5.74) is 9.05. The smallest absolute Gasteiger partial charge is 0.293 e. The Morgan fingerprint density at radius 2 is 1.11 bits per heavy atom. The van der Waals surface area contributed by atoms with E-state index in [0.29, 0.717) is 11.1 Å². The number of para-hydroxylation sites is 2. The Labute approximate surface area is 215 Å². The minimum Gasteiger partial charge on any atom is -0.393 e. The molecule has 0 aliphatic carbocycles. The van der Waals surface area contributed by atoms with Gasteiger partial charge in [-0.25, -0.2) is 0 Å². The van der Waals surface area contributed by atoms with Crippen LogP contribution in [0.4, 0.5) is 22.7 Å². The number of nitrogens with two attached hydrogens (primary N) is 1. The predicted molar refractivity (Wildman–Crippen MR) is 149 cm³/mol. The number of nitrogens with one attached hydrogen (secondary N) is 1. The Hall–Kier alpha value is -5.05. The fourth-order valence-electron chi connectivity index (χ4n) is 3.44. The van der Waals surface area contributed by atoms with Gasteiger partial charge in [-0.2, -0.15) is 0 Å². The summed E-state index contributed by atoms with van der Waals surface area (Å²) in [5.74, 6) is -0.341. The first-order chi connectivity index (χ1) is 16.8. The van der Waals surface area contributed by atoms with Crippen molar-refractivity contribution in [1.82, 2.24) is 0 Å². The molecule has 192 valence electrons. The van der Waals surface area contributed by atoms with Crippen molar-refractivity contribution in [3.05, 3.63) is 117 Å². The van der Waals surface area contributed by atoms with Gasteiger partial charge in [-0.05, 0) is 11.1 Å². The number of nitro groups is 2. The van der Waals surface area contributed by atoms with Crippen molar-refractivity contribution in [3.63, 3.8) is 0 Å². The predicted octanol–water partition coefficient (Wildman–Crippen LogP) is 7.34. The maximum Gasteiger partial charge on any atom is 0.293 e. The van der Waals surface area contributed by atoms with Gasteiger partial charge in [0, 0.05) is 30.2 Å². The van der Waals surface area contributed by atoms with E-state index in [1.165, 1.54) is 19.1 Å². The largest absolute Gasteiger partial charge is 0.393 e. The van der Waals surface area contributed by atoms with Gasteiger partial charge in [0.25, 0.3) is 11.4 Å². The molecule has 0 unspecified atom stereocenters. The molecule has 0 aliphatic heterocycles. The molecule has 0 fully saturated rings. The molecule has 9 heteroatoms. The standard InChI is InChI=1S/C14H12N2O3.C12H10N2O2.2CH4/c1-10(17)15-14-12(11-6-3-2-4-7-11)8-5-9-13(14)16(18)19;13-12-10(9-5-2-1-3-6-9)7-4-8-11(12)14(15)16;;/h2-9H,1H3,(H,15,17);1-8H,13H2;2*1H4. The Bertz CT molecular complexity index is 1360. The Morgan fingerprint density at radius 1 is 0.676 bits per heavy atom. The normalized spacial score (nSPS) is 9.43. The molecule has 1 amide bonds. The molecule has 0 saturated heterocycles. The van der Waals surface area contributed by atoms with Gasteiger partial charge in [0.05, 0.1) is 9.85 Å². The van der Waals surface area contributed by atoms with E-state index in [9.17, 15) is 25.0 Å². The van der Waals surface area contributed by atoms with Crippen LogP contribution in [0.1, 0.15) is 21.8 Å². The van der Waals surface area contributed by atoms with Crippen LogP contribution < -0.4 is 11.1 Å². The lowest BCUT2D eigenvalue weighted by Crippen LogP contribution is -2.09. The molecule has 0 bridgehead atoms. The van der Waals surface area contributed by atoms with E-state index < -0.39 is 9.85 Å². The van der Waals surface area contributed by atoms with Crippen molar-refractivity contribution in [1.29, 1.82) is 0 Å². The van der Waals surface area contributed by atoms with Crippen LogP contribution in [-0.2, 0) is 4.79 Å². The summed E-state index contributed by atoms with van der Waals surface area (Å²) in [4.78, 5) is 32.0.